The lowest BCUT2D eigenvalue weighted by Gasteiger charge is -2.17. The molecule has 0 aliphatic heterocycles. The molecule has 0 saturated heterocycles. The Bertz CT molecular complexity index is 305. The highest BCUT2D eigenvalue weighted by Crippen LogP contribution is 2.14. The largest absolute Gasteiger partial charge is 0.395 e. The third-order valence-corrected chi connectivity index (χ3v) is 2.36. The fraction of sp³-hybridized carbons (Fsp3) is 0.545. The summed E-state index contributed by atoms with van der Waals surface area (Å²) in [7, 11) is 1.86. The minimum Gasteiger partial charge on any atom is -0.395 e. The molecule has 0 fully saturated rings. The number of likely N-dealkylation sites (N-methyl/N-ethyl adjacent to an activating group) is 1. The van der Waals surface area contributed by atoms with Gasteiger partial charge in [0.15, 0.2) is 0 Å². The van der Waals surface area contributed by atoms with Crippen molar-refractivity contribution in [2.45, 2.75) is 12.5 Å². The van der Waals surface area contributed by atoms with E-state index in [4.69, 9.17) is 5.11 Å². The summed E-state index contributed by atoms with van der Waals surface area (Å²) in [5.74, 6) is -0.409. The number of hydrogen-bond acceptors (Lipinski definition) is 4. The van der Waals surface area contributed by atoms with Gasteiger partial charge in [0.25, 0.3) is 0 Å². The van der Waals surface area contributed by atoms with Gasteiger partial charge in [-0.25, -0.2) is 4.39 Å². The highest BCUT2D eigenvalue weighted by molar-refractivity contribution is 5.07. The molecule has 2 N–H and O–H groups in total. The minimum atomic E-state index is -0.693. The molecular formula is C11H17FN2O2. The summed E-state index contributed by atoms with van der Waals surface area (Å²) in [6, 6.07) is 2.76. The number of rotatable bonds is 6. The molecule has 0 aliphatic rings. The summed E-state index contributed by atoms with van der Waals surface area (Å²) in [5, 5.41) is 18.4. The molecule has 0 radical (unpaired) electrons. The molecule has 0 saturated carbocycles. The van der Waals surface area contributed by atoms with E-state index in [0.29, 0.717) is 25.2 Å². The summed E-state index contributed by atoms with van der Waals surface area (Å²) >= 11 is 0. The maximum atomic E-state index is 12.6. The molecule has 1 unspecified atom stereocenters. The first-order valence-electron chi connectivity index (χ1n) is 5.22. The van der Waals surface area contributed by atoms with Crippen molar-refractivity contribution < 1.29 is 14.6 Å². The van der Waals surface area contributed by atoms with Crippen LogP contribution < -0.4 is 0 Å². The molecule has 0 spiro atoms. The molecule has 1 heterocycles. The van der Waals surface area contributed by atoms with Crippen molar-refractivity contribution in [3.05, 3.63) is 29.8 Å². The average molecular weight is 228 g/mol. The van der Waals surface area contributed by atoms with E-state index in [-0.39, 0.29) is 6.61 Å². The lowest BCUT2D eigenvalue weighted by Crippen LogP contribution is -2.24. The van der Waals surface area contributed by atoms with Crippen LogP contribution in [-0.4, -0.2) is 46.8 Å². The van der Waals surface area contributed by atoms with Crippen LogP contribution >= 0.6 is 0 Å². The zero-order valence-electron chi connectivity index (χ0n) is 9.30. The first kappa shape index (κ1) is 13.0. The maximum Gasteiger partial charge on any atom is 0.141 e. The summed E-state index contributed by atoms with van der Waals surface area (Å²) < 4.78 is 12.6. The van der Waals surface area contributed by atoms with Crippen LogP contribution in [0.3, 0.4) is 0 Å². The van der Waals surface area contributed by atoms with E-state index in [1.54, 1.807) is 0 Å². The minimum absolute atomic E-state index is 0.0986. The fourth-order valence-corrected chi connectivity index (χ4v) is 1.36. The second kappa shape index (κ2) is 6.52. The zero-order valence-corrected chi connectivity index (χ0v) is 9.30. The van der Waals surface area contributed by atoms with Crippen LogP contribution in [0.25, 0.3) is 0 Å². The van der Waals surface area contributed by atoms with Gasteiger partial charge < -0.3 is 15.1 Å². The SMILES string of the molecule is CN(CCO)CCC(O)c1ccc(F)cn1. The highest BCUT2D eigenvalue weighted by Gasteiger charge is 2.10. The zero-order chi connectivity index (χ0) is 12.0. The Labute approximate surface area is 94.4 Å². The van der Waals surface area contributed by atoms with Crippen molar-refractivity contribution in [1.29, 1.82) is 0 Å². The Kier molecular flexibility index (Phi) is 5.31. The topological polar surface area (TPSA) is 56.6 Å². The van der Waals surface area contributed by atoms with Gasteiger partial charge in [0.2, 0.25) is 0 Å². The number of aromatic nitrogens is 1. The molecule has 1 aromatic rings. The van der Waals surface area contributed by atoms with Gasteiger partial charge in [0, 0.05) is 13.1 Å². The van der Waals surface area contributed by atoms with Crippen LogP contribution in [0.5, 0.6) is 0 Å². The Morgan fingerprint density at radius 1 is 1.44 bits per heavy atom. The molecule has 0 aliphatic carbocycles. The predicted molar refractivity (Wildman–Crippen MR) is 58.4 cm³/mol. The molecule has 0 aromatic carbocycles. The van der Waals surface area contributed by atoms with Gasteiger partial charge in [0.05, 0.1) is 24.6 Å². The third kappa shape index (κ3) is 4.22. The van der Waals surface area contributed by atoms with Gasteiger partial charge in [-0.1, -0.05) is 0 Å². The standard InChI is InChI=1S/C11H17FN2O2/c1-14(6-7-15)5-4-11(16)10-3-2-9(12)8-13-10/h2-3,8,11,15-16H,4-7H2,1H3. The molecule has 5 heteroatoms. The molecule has 0 amide bonds. The summed E-state index contributed by atoms with van der Waals surface area (Å²) in [5.41, 5.74) is 0.471. The van der Waals surface area contributed by atoms with Crippen LogP contribution in [0.4, 0.5) is 4.39 Å². The molecule has 1 rings (SSSR count). The Hall–Kier alpha value is -1.04. The second-order valence-corrected chi connectivity index (χ2v) is 3.73. The number of hydrogen-bond donors (Lipinski definition) is 2. The van der Waals surface area contributed by atoms with Gasteiger partial charge in [-0.2, -0.15) is 0 Å². The molecule has 1 atom stereocenters. The van der Waals surface area contributed by atoms with Crippen LogP contribution in [0.15, 0.2) is 18.3 Å². The Morgan fingerprint density at radius 2 is 2.19 bits per heavy atom. The normalized spacial score (nSPS) is 13.1. The van der Waals surface area contributed by atoms with Crippen molar-refractivity contribution in [1.82, 2.24) is 9.88 Å². The van der Waals surface area contributed by atoms with E-state index in [1.807, 2.05) is 11.9 Å². The maximum absolute atomic E-state index is 12.6. The van der Waals surface area contributed by atoms with Gasteiger partial charge in [-0.15, -0.1) is 0 Å². The number of aliphatic hydroxyl groups is 2. The van der Waals surface area contributed by atoms with Gasteiger partial charge in [0.1, 0.15) is 5.82 Å². The monoisotopic (exact) mass is 228 g/mol. The molecule has 16 heavy (non-hydrogen) atoms. The summed E-state index contributed by atoms with van der Waals surface area (Å²) in [4.78, 5) is 5.72. The highest BCUT2D eigenvalue weighted by atomic mass is 19.1. The molecule has 4 nitrogen and oxygen atoms in total. The lowest BCUT2D eigenvalue weighted by atomic mass is 10.1. The second-order valence-electron chi connectivity index (χ2n) is 3.73. The van der Waals surface area contributed by atoms with E-state index in [2.05, 4.69) is 4.98 Å². The number of nitrogens with zero attached hydrogens (tertiary/aromatic N) is 2. The fourth-order valence-electron chi connectivity index (χ4n) is 1.36. The Balaban J connectivity index is 2.40. The molecular weight excluding hydrogens is 211 g/mol. The van der Waals surface area contributed by atoms with Crippen LogP contribution in [0.1, 0.15) is 18.2 Å². The van der Waals surface area contributed by atoms with Crippen LogP contribution in [-0.2, 0) is 0 Å². The van der Waals surface area contributed by atoms with Gasteiger partial charge in [-0.3, -0.25) is 4.98 Å². The third-order valence-electron chi connectivity index (χ3n) is 2.36. The van der Waals surface area contributed by atoms with E-state index in [9.17, 15) is 9.50 Å². The van der Waals surface area contributed by atoms with Gasteiger partial charge in [-0.05, 0) is 25.6 Å². The van der Waals surface area contributed by atoms with Crippen molar-refractivity contribution >= 4 is 0 Å². The van der Waals surface area contributed by atoms with E-state index < -0.39 is 11.9 Å². The Morgan fingerprint density at radius 3 is 2.75 bits per heavy atom. The van der Waals surface area contributed by atoms with Crippen molar-refractivity contribution in [3.8, 4) is 0 Å². The number of pyridine rings is 1. The number of aliphatic hydroxyl groups excluding tert-OH is 2. The van der Waals surface area contributed by atoms with Crippen LogP contribution in [0.2, 0.25) is 0 Å². The predicted octanol–water partition coefficient (Wildman–Crippen LogP) is 0.568. The number of halogens is 1. The molecule has 1 aromatic heterocycles. The summed E-state index contributed by atoms with van der Waals surface area (Å²) in [6.07, 6.45) is 0.909. The lowest BCUT2D eigenvalue weighted by molar-refractivity contribution is 0.137. The molecule has 90 valence electrons. The van der Waals surface area contributed by atoms with E-state index in [1.165, 1.54) is 12.1 Å². The van der Waals surface area contributed by atoms with Crippen LogP contribution in [0, 0.1) is 5.82 Å². The first-order chi connectivity index (χ1) is 7.63. The van der Waals surface area contributed by atoms with E-state index in [0.717, 1.165) is 6.20 Å². The smallest absolute Gasteiger partial charge is 0.141 e. The first-order valence-corrected chi connectivity index (χ1v) is 5.22. The van der Waals surface area contributed by atoms with Crippen molar-refractivity contribution in [3.63, 3.8) is 0 Å². The van der Waals surface area contributed by atoms with Crippen molar-refractivity contribution in [2.24, 2.45) is 0 Å². The van der Waals surface area contributed by atoms with Crippen molar-refractivity contribution in [2.75, 3.05) is 26.7 Å². The van der Waals surface area contributed by atoms with Gasteiger partial charge >= 0.3 is 0 Å². The quantitative estimate of drug-likeness (QED) is 0.747. The molecule has 0 bridgehead atoms. The average Bonchev–Trinajstić information content (AvgIpc) is 2.27. The van der Waals surface area contributed by atoms with E-state index >= 15 is 0 Å². The summed E-state index contributed by atoms with van der Waals surface area (Å²) in [6.45, 7) is 1.33.